The molecule has 1 saturated heterocycles. The van der Waals surface area contributed by atoms with Crippen molar-refractivity contribution in [2.24, 2.45) is 0 Å². The number of anilines is 1. The molecule has 4 heterocycles. The molecule has 1 aliphatic rings. The molecular weight excluding hydrogens is 495 g/mol. The first-order valence-electron chi connectivity index (χ1n) is 12.6. The minimum Gasteiger partial charge on any atom is -0.339 e. The van der Waals surface area contributed by atoms with Gasteiger partial charge in [-0.2, -0.15) is 18.3 Å². The number of benzene rings is 1. The monoisotopic (exact) mass is 523 g/mol. The third kappa shape index (κ3) is 5.74. The first-order chi connectivity index (χ1) is 18.3. The van der Waals surface area contributed by atoms with Gasteiger partial charge in [-0.1, -0.05) is 18.2 Å². The topological polar surface area (TPSA) is 82.5 Å². The predicted molar refractivity (Wildman–Crippen MR) is 138 cm³/mol. The van der Waals surface area contributed by atoms with Crippen LogP contribution in [0.2, 0.25) is 0 Å². The van der Waals surface area contributed by atoms with E-state index in [1.165, 1.54) is 0 Å². The number of nitrogens with zero attached hydrogens (tertiary/aromatic N) is 3. The quantitative estimate of drug-likeness (QED) is 0.311. The number of carbonyl (C=O) groups excluding carboxylic acids is 2. The molecule has 0 spiro atoms. The molecule has 0 aliphatic carbocycles. The van der Waals surface area contributed by atoms with Gasteiger partial charge in [0.05, 0.1) is 22.5 Å². The molecule has 1 fully saturated rings. The second-order valence-electron chi connectivity index (χ2n) is 9.57. The number of rotatable bonds is 7. The van der Waals surface area contributed by atoms with Gasteiger partial charge in [-0.3, -0.25) is 14.7 Å². The number of H-pyrrole nitrogens is 1. The lowest BCUT2D eigenvalue weighted by Crippen LogP contribution is -2.37. The molecule has 5 rings (SSSR count). The lowest BCUT2D eigenvalue weighted by molar-refractivity contribution is -0.136. The number of aromatic nitrogens is 3. The van der Waals surface area contributed by atoms with Crippen LogP contribution in [-0.2, 0) is 4.79 Å². The number of aromatic amines is 1. The van der Waals surface area contributed by atoms with Crippen molar-refractivity contribution in [2.75, 3.05) is 18.4 Å². The zero-order chi connectivity index (χ0) is 26.7. The third-order valence-corrected chi connectivity index (χ3v) is 7.00. The zero-order valence-corrected chi connectivity index (χ0v) is 20.7. The van der Waals surface area contributed by atoms with Crippen LogP contribution in [0.4, 0.5) is 18.9 Å². The van der Waals surface area contributed by atoms with Crippen LogP contribution in [0.15, 0.2) is 67.0 Å². The van der Waals surface area contributed by atoms with E-state index < -0.39 is 18.5 Å². The van der Waals surface area contributed by atoms with Gasteiger partial charge in [-0.15, -0.1) is 0 Å². The number of amides is 2. The second-order valence-corrected chi connectivity index (χ2v) is 9.57. The average Bonchev–Trinajstić information content (AvgIpc) is 3.56. The number of likely N-dealkylation sites (tertiary alicyclic amines) is 1. The van der Waals surface area contributed by atoms with Crippen LogP contribution >= 0.6 is 0 Å². The molecule has 0 bridgehead atoms. The highest BCUT2D eigenvalue weighted by atomic mass is 19.4. The molecular formula is C28H28F3N5O2. The standard InChI is InChI=1S/C28H28F3N5O2/c29-28(30,31)13-3-5-26(37)33-21-8-6-19(7-9-21)20-11-16-35(17-12-20)27(38)22-18-25(23-10-14-32-34-23)36-15-2-1-4-24(22)36/h1-2,4,6-10,14-15,18,20H,3,5,11-13,16-17H2,(H,32,34)(H,33,37). The van der Waals surface area contributed by atoms with Gasteiger partial charge in [0.2, 0.25) is 5.91 Å². The summed E-state index contributed by atoms with van der Waals surface area (Å²) in [6, 6.07) is 17.0. The van der Waals surface area contributed by atoms with Crippen LogP contribution in [0.1, 0.15) is 53.9 Å². The van der Waals surface area contributed by atoms with Crippen molar-refractivity contribution < 1.29 is 22.8 Å². The average molecular weight is 524 g/mol. The molecule has 38 heavy (non-hydrogen) atoms. The summed E-state index contributed by atoms with van der Waals surface area (Å²) < 4.78 is 38.8. The molecule has 4 aromatic rings. The molecule has 10 heteroatoms. The van der Waals surface area contributed by atoms with Crippen LogP contribution in [-0.4, -0.2) is 50.6 Å². The van der Waals surface area contributed by atoms with E-state index in [9.17, 15) is 22.8 Å². The fraction of sp³-hybridized carbons (Fsp3) is 0.321. The van der Waals surface area contributed by atoms with Gasteiger partial charge >= 0.3 is 6.18 Å². The van der Waals surface area contributed by atoms with Gasteiger partial charge in [0.15, 0.2) is 0 Å². The summed E-state index contributed by atoms with van der Waals surface area (Å²) in [5.74, 6) is -0.147. The molecule has 0 saturated carbocycles. The maximum atomic E-state index is 13.5. The highest BCUT2D eigenvalue weighted by Crippen LogP contribution is 2.31. The van der Waals surface area contributed by atoms with Crippen LogP contribution < -0.4 is 5.32 Å². The van der Waals surface area contributed by atoms with Crippen LogP contribution in [0, 0.1) is 0 Å². The van der Waals surface area contributed by atoms with Gasteiger partial charge < -0.3 is 14.6 Å². The van der Waals surface area contributed by atoms with Gasteiger partial charge in [-0.05, 0) is 67.1 Å². The SMILES string of the molecule is O=C(CCCC(F)(F)F)Nc1ccc(C2CCN(C(=O)c3cc(-c4ccn[nH]4)n4ccccc34)CC2)cc1. The molecule has 0 unspecified atom stereocenters. The van der Waals surface area contributed by atoms with Gasteiger partial charge in [0.1, 0.15) is 0 Å². The van der Waals surface area contributed by atoms with Gasteiger partial charge in [0.25, 0.3) is 5.91 Å². The summed E-state index contributed by atoms with van der Waals surface area (Å²) in [6.07, 6.45) is -0.370. The van der Waals surface area contributed by atoms with E-state index in [0.717, 1.165) is 35.3 Å². The Morgan fingerprint density at radius 3 is 2.50 bits per heavy atom. The molecule has 1 aromatic carbocycles. The van der Waals surface area contributed by atoms with E-state index in [1.54, 1.807) is 18.3 Å². The fourth-order valence-corrected chi connectivity index (χ4v) is 5.03. The third-order valence-electron chi connectivity index (χ3n) is 7.00. The van der Waals surface area contributed by atoms with Gasteiger partial charge in [-0.25, -0.2) is 0 Å². The first kappa shape index (κ1) is 25.6. The van der Waals surface area contributed by atoms with Crippen molar-refractivity contribution in [2.45, 2.75) is 44.2 Å². The number of piperidine rings is 1. The summed E-state index contributed by atoms with van der Waals surface area (Å²) in [7, 11) is 0. The normalized spacial score (nSPS) is 14.7. The number of pyridine rings is 1. The van der Waals surface area contributed by atoms with E-state index in [1.807, 2.05) is 58.0 Å². The molecule has 0 atom stereocenters. The smallest absolute Gasteiger partial charge is 0.339 e. The number of nitrogens with one attached hydrogen (secondary N) is 2. The minimum atomic E-state index is -4.25. The maximum Gasteiger partial charge on any atom is 0.389 e. The number of hydrogen-bond donors (Lipinski definition) is 2. The number of hydrogen-bond acceptors (Lipinski definition) is 3. The first-order valence-corrected chi connectivity index (χ1v) is 12.6. The Bertz CT molecular complexity index is 1400. The Hall–Kier alpha value is -4.08. The van der Waals surface area contributed by atoms with Crippen molar-refractivity contribution in [3.63, 3.8) is 0 Å². The Balaban J connectivity index is 1.18. The number of alkyl halides is 3. The number of carbonyl (C=O) groups is 2. The fourth-order valence-electron chi connectivity index (χ4n) is 5.03. The molecule has 198 valence electrons. The Labute approximate surface area is 217 Å². The number of fused-ring (bicyclic) bond motifs is 1. The lowest BCUT2D eigenvalue weighted by Gasteiger charge is -2.32. The summed E-state index contributed by atoms with van der Waals surface area (Å²) in [5.41, 5.74) is 4.90. The summed E-state index contributed by atoms with van der Waals surface area (Å²) in [5, 5.41) is 9.66. The predicted octanol–water partition coefficient (Wildman–Crippen LogP) is 6.02. The van der Waals surface area contributed by atoms with E-state index >= 15 is 0 Å². The summed E-state index contributed by atoms with van der Waals surface area (Å²) >= 11 is 0. The molecule has 2 N–H and O–H groups in total. The lowest BCUT2D eigenvalue weighted by atomic mass is 9.89. The van der Waals surface area contributed by atoms with Crippen LogP contribution in [0.25, 0.3) is 16.9 Å². The Kier molecular flexibility index (Phi) is 7.22. The van der Waals surface area contributed by atoms with E-state index in [4.69, 9.17) is 0 Å². The maximum absolute atomic E-state index is 13.5. The minimum absolute atomic E-state index is 0.00139. The second kappa shape index (κ2) is 10.7. The van der Waals surface area contributed by atoms with Crippen molar-refractivity contribution in [3.8, 4) is 11.4 Å². The molecule has 2 amide bonds. The summed E-state index contributed by atoms with van der Waals surface area (Å²) in [4.78, 5) is 27.3. The highest BCUT2D eigenvalue weighted by Gasteiger charge is 2.28. The molecule has 1 aliphatic heterocycles. The van der Waals surface area contributed by atoms with E-state index in [2.05, 4.69) is 15.5 Å². The number of halogens is 3. The Morgan fingerprint density at radius 1 is 1.05 bits per heavy atom. The van der Waals surface area contributed by atoms with Crippen molar-refractivity contribution in [3.05, 3.63) is 78.1 Å². The molecule has 7 nitrogen and oxygen atoms in total. The van der Waals surface area contributed by atoms with Crippen molar-refractivity contribution in [1.29, 1.82) is 0 Å². The highest BCUT2D eigenvalue weighted by molar-refractivity contribution is 6.02. The van der Waals surface area contributed by atoms with Gasteiger partial charge in [0, 0.05) is 44.0 Å². The van der Waals surface area contributed by atoms with Crippen LogP contribution in [0.5, 0.6) is 0 Å². The summed E-state index contributed by atoms with van der Waals surface area (Å²) in [6.45, 7) is 1.26. The largest absolute Gasteiger partial charge is 0.389 e. The van der Waals surface area contributed by atoms with Crippen LogP contribution in [0.3, 0.4) is 0 Å². The van der Waals surface area contributed by atoms with E-state index in [-0.39, 0.29) is 24.7 Å². The molecule has 0 radical (unpaired) electrons. The molecule has 3 aromatic heterocycles. The van der Waals surface area contributed by atoms with Crippen molar-refractivity contribution >= 4 is 23.0 Å². The van der Waals surface area contributed by atoms with E-state index in [0.29, 0.717) is 24.3 Å². The Morgan fingerprint density at radius 2 is 1.82 bits per heavy atom. The van der Waals surface area contributed by atoms with Crippen molar-refractivity contribution in [1.82, 2.24) is 19.5 Å². The zero-order valence-electron chi connectivity index (χ0n) is 20.7.